The Bertz CT molecular complexity index is 432. The van der Waals surface area contributed by atoms with Gasteiger partial charge in [-0.25, -0.2) is 8.79 Å². The van der Waals surface area contributed by atoms with Crippen molar-refractivity contribution >= 4 is 17.7 Å². The summed E-state index contributed by atoms with van der Waals surface area (Å²) in [6, 6.07) is 6.78. The minimum absolute atomic E-state index is 0.0324. The van der Waals surface area contributed by atoms with E-state index >= 15 is 0 Å². The summed E-state index contributed by atoms with van der Waals surface area (Å²) in [6.45, 7) is 9.97. The van der Waals surface area contributed by atoms with Gasteiger partial charge in [-0.05, 0) is 51.6 Å². The van der Waals surface area contributed by atoms with Gasteiger partial charge in [-0.2, -0.15) is 0 Å². The molecule has 0 amide bonds. The van der Waals surface area contributed by atoms with E-state index < -0.39 is 0 Å². The second-order valence-corrected chi connectivity index (χ2v) is 6.64. The molecule has 0 bridgehead atoms. The summed E-state index contributed by atoms with van der Waals surface area (Å²) in [4.78, 5) is 0. The van der Waals surface area contributed by atoms with E-state index in [1.54, 1.807) is 12.1 Å². The summed E-state index contributed by atoms with van der Waals surface area (Å²) in [5, 5.41) is 0. The highest BCUT2D eigenvalue weighted by molar-refractivity contribution is 7.99. The van der Waals surface area contributed by atoms with Gasteiger partial charge in [0, 0.05) is 10.3 Å². The summed E-state index contributed by atoms with van der Waals surface area (Å²) in [6.07, 6.45) is 3.35. The van der Waals surface area contributed by atoms with E-state index in [9.17, 15) is 4.39 Å². The number of rotatable bonds is 5. The number of benzene rings is 1. The fraction of sp³-hybridized carbons (Fsp3) is 0.400. The van der Waals surface area contributed by atoms with Crippen molar-refractivity contribution in [1.82, 2.24) is 0 Å². The molecule has 0 radical (unpaired) electrons. The molecule has 3 heteroatoms. The van der Waals surface area contributed by atoms with E-state index in [1.165, 1.54) is 18.0 Å². The van der Waals surface area contributed by atoms with Crippen molar-refractivity contribution < 1.29 is 4.39 Å². The molecular formula is C15H20FNS. The Morgan fingerprint density at radius 1 is 1.39 bits per heavy atom. The first-order valence-corrected chi connectivity index (χ1v) is 6.82. The molecule has 1 aromatic rings. The number of nitrogens with zero attached hydrogens (tertiary/aromatic N) is 1. The van der Waals surface area contributed by atoms with Crippen molar-refractivity contribution in [2.24, 2.45) is 4.40 Å². The SMILES string of the molecule is C=CCC/C(=N\SC(C)(C)C)c1ccccc1F. The molecule has 0 spiro atoms. The molecule has 0 aliphatic carbocycles. The molecule has 1 nitrogen and oxygen atoms in total. The molecule has 1 aromatic carbocycles. The lowest BCUT2D eigenvalue weighted by Gasteiger charge is -2.15. The van der Waals surface area contributed by atoms with Crippen LogP contribution in [0.25, 0.3) is 0 Å². The van der Waals surface area contributed by atoms with Crippen molar-refractivity contribution in [3.05, 3.63) is 48.3 Å². The molecule has 98 valence electrons. The molecule has 18 heavy (non-hydrogen) atoms. The first-order chi connectivity index (χ1) is 8.44. The summed E-state index contributed by atoms with van der Waals surface area (Å²) >= 11 is 1.48. The predicted octanol–water partition coefficient (Wildman–Crippen LogP) is 5.03. The second-order valence-electron chi connectivity index (χ2n) is 5.05. The van der Waals surface area contributed by atoms with Gasteiger partial charge in [-0.15, -0.1) is 6.58 Å². The highest BCUT2D eigenvalue weighted by Crippen LogP contribution is 2.26. The number of halogens is 1. The van der Waals surface area contributed by atoms with Crippen LogP contribution in [0.5, 0.6) is 0 Å². The highest BCUT2D eigenvalue weighted by Gasteiger charge is 2.13. The van der Waals surface area contributed by atoms with Gasteiger partial charge in [0.25, 0.3) is 0 Å². The Kier molecular flexibility index (Phi) is 5.60. The van der Waals surface area contributed by atoms with E-state index in [0.29, 0.717) is 12.0 Å². The van der Waals surface area contributed by atoms with Gasteiger partial charge in [0.15, 0.2) is 0 Å². The standard InChI is InChI=1S/C15H20FNS/c1-5-6-11-14(17-18-15(2,3)4)12-9-7-8-10-13(12)16/h5,7-10H,1,6,11H2,2-4H3/b17-14+. The van der Waals surface area contributed by atoms with E-state index in [2.05, 4.69) is 31.7 Å². The maximum absolute atomic E-state index is 13.8. The lowest BCUT2D eigenvalue weighted by molar-refractivity contribution is 0.624. The zero-order valence-electron chi connectivity index (χ0n) is 11.2. The normalized spacial score (nSPS) is 12.6. The van der Waals surface area contributed by atoms with Gasteiger partial charge >= 0.3 is 0 Å². The second kappa shape index (κ2) is 6.74. The molecule has 0 aliphatic heterocycles. The minimum Gasteiger partial charge on any atom is -0.220 e. The first-order valence-electron chi connectivity index (χ1n) is 6.05. The van der Waals surface area contributed by atoms with Crippen LogP contribution in [-0.2, 0) is 0 Å². The third-order valence-electron chi connectivity index (χ3n) is 2.20. The zero-order valence-corrected chi connectivity index (χ0v) is 12.1. The quantitative estimate of drug-likeness (QED) is 0.413. The lowest BCUT2D eigenvalue weighted by Crippen LogP contribution is -2.08. The molecule has 0 N–H and O–H groups in total. The Morgan fingerprint density at radius 2 is 2.06 bits per heavy atom. The van der Waals surface area contributed by atoms with Gasteiger partial charge in [-0.3, -0.25) is 0 Å². The van der Waals surface area contributed by atoms with E-state index in [-0.39, 0.29) is 10.6 Å². The fourth-order valence-electron chi connectivity index (χ4n) is 1.36. The van der Waals surface area contributed by atoms with Gasteiger partial charge in [0.2, 0.25) is 0 Å². The molecule has 0 aromatic heterocycles. The minimum atomic E-state index is -0.213. The molecule has 0 aliphatic rings. The molecule has 1 rings (SSSR count). The van der Waals surface area contributed by atoms with E-state index in [0.717, 1.165) is 12.1 Å². The molecule has 0 heterocycles. The fourth-order valence-corrected chi connectivity index (χ4v) is 1.93. The van der Waals surface area contributed by atoms with Crippen LogP contribution in [0.1, 0.15) is 39.2 Å². The number of hydrogen-bond donors (Lipinski definition) is 0. The summed E-state index contributed by atoms with van der Waals surface area (Å²) < 4.78 is 18.3. The van der Waals surface area contributed by atoms with Gasteiger partial charge in [0.1, 0.15) is 5.82 Å². The smallest absolute Gasteiger partial charge is 0.132 e. The molecule has 0 atom stereocenters. The van der Waals surface area contributed by atoms with Crippen LogP contribution in [0, 0.1) is 5.82 Å². The van der Waals surface area contributed by atoms with Gasteiger partial charge < -0.3 is 0 Å². The van der Waals surface area contributed by atoms with Crippen molar-refractivity contribution in [3.63, 3.8) is 0 Å². The van der Waals surface area contributed by atoms with Crippen molar-refractivity contribution in [2.75, 3.05) is 0 Å². The molecule has 0 saturated heterocycles. The Balaban J connectivity index is 2.98. The summed E-state index contributed by atoms with van der Waals surface area (Å²) in [7, 11) is 0. The highest BCUT2D eigenvalue weighted by atomic mass is 32.2. The van der Waals surface area contributed by atoms with Crippen LogP contribution >= 0.6 is 11.9 Å². The lowest BCUT2D eigenvalue weighted by atomic mass is 10.1. The third-order valence-corrected chi connectivity index (χ3v) is 3.06. The number of allylic oxidation sites excluding steroid dienone is 1. The van der Waals surface area contributed by atoms with Crippen molar-refractivity contribution in [1.29, 1.82) is 0 Å². The maximum atomic E-state index is 13.8. The average molecular weight is 265 g/mol. The topological polar surface area (TPSA) is 12.4 Å². The van der Waals surface area contributed by atoms with Crippen molar-refractivity contribution in [2.45, 2.75) is 38.4 Å². The molecule has 0 unspecified atom stereocenters. The van der Waals surface area contributed by atoms with Crippen LogP contribution in [0.3, 0.4) is 0 Å². The Labute approximate surface area is 113 Å². The number of hydrogen-bond acceptors (Lipinski definition) is 2. The van der Waals surface area contributed by atoms with E-state index in [4.69, 9.17) is 0 Å². The van der Waals surface area contributed by atoms with Crippen LogP contribution < -0.4 is 0 Å². The van der Waals surface area contributed by atoms with Crippen LogP contribution in [0.2, 0.25) is 0 Å². The average Bonchev–Trinajstić information content (AvgIpc) is 2.29. The zero-order chi connectivity index (χ0) is 13.6. The molecule has 0 saturated carbocycles. The molecular weight excluding hydrogens is 245 g/mol. The largest absolute Gasteiger partial charge is 0.220 e. The summed E-state index contributed by atoms with van der Waals surface area (Å²) in [5.74, 6) is -0.213. The van der Waals surface area contributed by atoms with Gasteiger partial charge in [-0.1, -0.05) is 24.3 Å². The van der Waals surface area contributed by atoms with E-state index in [1.807, 2.05) is 12.1 Å². The van der Waals surface area contributed by atoms with Crippen molar-refractivity contribution in [3.8, 4) is 0 Å². The van der Waals surface area contributed by atoms with Crippen LogP contribution in [0.4, 0.5) is 4.39 Å². The third kappa shape index (κ3) is 5.05. The van der Waals surface area contributed by atoms with Gasteiger partial charge in [0.05, 0.1) is 5.71 Å². The predicted molar refractivity (Wildman–Crippen MR) is 79.7 cm³/mol. The Hall–Kier alpha value is -1.09. The monoisotopic (exact) mass is 265 g/mol. The van der Waals surface area contributed by atoms with Crippen LogP contribution in [-0.4, -0.2) is 10.5 Å². The Morgan fingerprint density at radius 3 is 2.61 bits per heavy atom. The molecule has 0 fully saturated rings. The maximum Gasteiger partial charge on any atom is 0.132 e. The summed E-state index contributed by atoms with van der Waals surface area (Å²) in [5.41, 5.74) is 1.39. The van der Waals surface area contributed by atoms with Crippen LogP contribution in [0.15, 0.2) is 41.3 Å². The first kappa shape index (κ1) is 15.0.